The van der Waals surface area contributed by atoms with Gasteiger partial charge in [-0.2, -0.15) is 5.10 Å². The van der Waals surface area contributed by atoms with E-state index in [1.807, 2.05) is 45.9 Å². The van der Waals surface area contributed by atoms with Crippen molar-refractivity contribution in [2.45, 2.75) is 34.2 Å². The molecule has 0 spiro atoms. The third-order valence-corrected chi connectivity index (χ3v) is 5.19. The first-order valence-electron chi connectivity index (χ1n) is 8.72. The van der Waals surface area contributed by atoms with Gasteiger partial charge in [0.25, 0.3) is 11.5 Å². The van der Waals surface area contributed by atoms with Gasteiger partial charge in [0.05, 0.1) is 22.1 Å². The monoisotopic (exact) mass is 382 g/mol. The Balaban J connectivity index is 1.71. The summed E-state index contributed by atoms with van der Waals surface area (Å²) in [5.41, 5.74) is 4.13. The van der Waals surface area contributed by atoms with Crippen molar-refractivity contribution in [2.24, 2.45) is 0 Å². The highest BCUT2D eigenvalue weighted by Gasteiger charge is 2.11. The Labute approximate surface area is 161 Å². The zero-order chi connectivity index (χ0) is 19.6. The summed E-state index contributed by atoms with van der Waals surface area (Å²) in [5.74, 6) is -0.153. The fourth-order valence-corrected chi connectivity index (χ4v) is 3.87. The van der Waals surface area contributed by atoms with E-state index in [0.29, 0.717) is 18.7 Å². The molecule has 7 heteroatoms. The van der Waals surface area contributed by atoms with Crippen LogP contribution in [0.5, 0.6) is 0 Å². The molecule has 0 atom stereocenters. The Morgan fingerprint density at radius 3 is 2.44 bits per heavy atom. The molecule has 1 aromatic carbocycles. The summed E-state index contributed by atoms with van der Waals surface area (Å²) in [7, 11) is 0. The van der Waals surface area contributed by atoms with Gasteiger partial charge < -0.3 is 5.32 Å². The molecule has 1 N–H and O–H groups in total. The van der Waals surface area contributed by atoms with E-state index in [0.717, 1.165) is 32.4 Å². The standard InChI is InChI=1S/C20H22N4O2S/c1-12-9-13(2)11-16(10-12)20(26)21-7-8-24-18(25)6-5-17(23-24)19-14(3)22-15(4)27-19/h5-6,9-11H,7-8H2,1-4H3,(H,21,26). The highest BCUT2D eigenvalue weighted by molar-refractivity contribution is 7.15. The van der Waals surface area contributed by atoms with E-state index in [9.17, 15) is 9.59 Å². The van der Waals surface area contributed by atoms with Crippen LogP contribution < -0.4 is 10.9 Å². The van der Waals surface area contributed by atoms with E-state index >= 15 is 0 Å². The quantitative estimate of drug-likeness (QED) is 0.736. The maximum atomic E-state index is 12.3. The molecule has 6 nitrogen and oxygen atoms in total. The summed E-state index contributed by atoms with van der Waals surface area (Å²) in [4.78, 5) is 29.8. The molecule has 0 unspecified atom stereocenters. The van der Waals surface area contributed by atoms with Crippen LogP contribution >= 0.6 is 11.3 Å². The van der Waals surface area contributed by atoms with Gasteiger partial charge in [0.15, 0.2) is 0 Å². The molecule has 3 aromatic rings. The number of amides is 1. The molecule has 0 fully saturated rings. The van der Waals surface area contributed by atoms with Gasteiger partial charge >= 0.3 is 0 Å². The van der Waals surface area contributed by atoms with E-state index < -0.39 is 0 Å². The van der Waals surface area contributed by atoms with E-state index in [1.165, 1.54) is 10.7 Å². The van der Waals surface area contributed by atoms with Crippen LogP contribution in [0.1, 0.15) is 32.2 Å². The summed E-state index contributed by atoms with van der Waals surface area (Å²) in [5, 5.41) is 8.25. The zero-order valence-electron chi connectivity index (χ0n) is 15.9. The number of hydrogen-bond donors (Lipinski definition) is 1. The topological polar surface area (TPSA) is 76.9 Å². The van der Waals surface area contributed by atoms with Crippen molar-refractivity contribution in [3.8, 4) is 10.6 Å². The maximum Gasteiger partial charge on any atom is 0.266 e. The number of hydrogen-bond acceptors (Lipinski definition) is 5. The van der Waals surface area contributed by atoms with E-state index in [-0.39, 0.29) is 11.5 Å². The number of aromatic nitrogens is 3. The van der Waals surface area contributed by atoms with Gasteiger partial charge in [-0.15, -0.1) is 11.3 Å². The summed E-state index contributed by atoms with van der Waals surface area (Å²) in [6.07, 6.45) is 0. The predicted molar refractivity (Wildman–Crippen MR) is 107 cm³/mol. The molecular weight excluding hydrogens is 360 g/mol. The minimum absolute atomic E-state index is 0.153. The van der Waals surface area contributed by atoms with Gasteiger partial charge in [-0.25, -0.2) is 9.67 Å². The fraction of sp³-hybridized carbons (Fsp3) is 0.300. The first kappa shape index (κ1) is 19.0. The first-order chi connectivity index (χ1) is 12.8. The maximum absolute atomic E-state index is 12.3. The average molecular weight is 382 g/mol. The summed E-state index contributed by atoms with van der Waals surface area (Å²) in [6.45, 7) is 8.42. The van der Waals surface area contributed by atoms with Gasteiger partial charge in [-0.05, 0) is 45.9 Å². The molecule has 0 aliphatic rings. The number of benzene rings is 1. The van der Waals surface area contributed by atoms with Crippen LogP contribution in [0.25, 0.3) is 10.6 Å². The van der Waals surface area contributed by atoms with Crippen LogP contribution in [-0.2, 0) is 6.54 Å². The van der Waals surface area contributed by atoms with E-state index in [4.69, 9.17) is 0 Å². The van der Waals surface area contributed by atoms with Gasteiger partial charge in [0.1, 0.15) is 5.69 Å². The lowest BCUT2D eigenvalue weighted by atomic mass is 10.1. The van der Waals surface area contributed by atoms with Gasteiger partial charge in [-0.3, -0.25) is 9.59 Å². The highest BCUT2D eigenvalue weighted by Crippen LogP contribution is 2.27. The second-order valence-corrected chi connectivity index (χ2v) is 7.76. The van der Waals surface area contributed by atoms with Gasteiger partial charge in [0.2, 0.25) is 0 Å². The van der Waals surface area contributed by atoms with Crippen LogP contribution in [0.3, 0.4) is 0 Å². The Bertz CT molecular complexity index is 1030. The number of aryl methyl sites for hydroxylation is 4. The Morgan fingerprint density at radius 1 is 1.11 bits per heavy atom. The highest BCUT2D eigenvalue weighted by atomic mass is 32.1. The molecule has 0 saturated carbocycles. The molecule has 27 heavy (non-hydrogen) atoms. The average Bonchev–Trinajstić information content (AvgIpc) is 2.94. The van der Waals surface area contributed by atoms with Gasteiger partial charge in [0, 0.05) is 18.2 Å². The van der Waals surface area contributed by atoms with Crippen molar-refractivity contribution in [3.05, 3.63) is 68.1 Å². The van der Waals surface area contributed by atoms with Crippen LogP contribution in [0, 0.1) is 27.7 Å². The number of rotatable bonds is 5. The largest absolute Gasteiger partial charge is 0.350 e. The predicted octanol–water partition coefficient (Wildman–Crippen LogP) is 3.03. The van der Waals surface area contributed by atoms with Crippen molar-refractivity contribution in [1.29, 1.82) is 0 Å². The van der Waals surface area contributed by atoms with Gasteiger partial charge in [-0.1, -0.05) is 17.2 Å². The van der Waals surface area contributed by atoms with Crippen LogP contribution in [-0.4, -0.2) is 27.2 Å². The number of carbonyl (C=O) groups is 1. The smallest absolute Gasteiger partial charge is 0.266 e. The van der Waals surface area contributed by atoms with Crippen LogP contribution in [0.2, 0.25) is 0 Å². The lowest BCUT2D eigenvalue weighted by Gasteiger charge is -2.09. The SMILES string of the molecule is Cc1cc(C)cc(C(=O)NCCn2nc(-c3sc(C)nc3C)ccc2=O)c1. The van der Waals surface area contributed by atoms with Crippen molar-refractivity contribution in [1.82, 2.24) is 20.1 Å². The van der Waals surface area contributed by atoms with Crippen molar-refractivity contribution >= 4 is 17.2 Å². The molecule has 140 valence electrons. The van der Waals surface area contributed by atoms with E-state index in [1.54, 1.807) is 17.4 Å². The Kier molecular flexibility index (Phi) is 5.51. The Hall–Kier alpha value is -2.80. The first-order valence-corrected chi connectivity index (χ1v) is 9.54. The number of thiazole rings is 1. The van der Waals surface area contributed by atoms with Crippen molar-refractivity contribution in [2.75, 3.05) is 6.54 Å². The summed E-state index contributed by atoms with van der Waals surface area (Å²) in [6, 6.07) is 8.94. The molecule has 3 rings (SSSR count). The molecule has 0 radical (unpaired) electrons. The normalized spacial score (nSPS) is 10.8. The number of carbonyl (C=O) groups excluding carboxylic acids is 1. The number of nitrogens with zero attached hydrogens (tertiary/aromatic N) is 3. The minimum atomic E-state index is -0.196. The summed E-state index contributed by atoms with van der Waals surface area (Å²) < 4.78 is 1.38. The molecule has 0 bridgehead atoms. The number of nitrogens with one attached hydrogen (secondary N) is 1. The third kappa shape index (κ3) is 4.49. The molecule has 2 heterocycles. The Morgan fingerprint density at radius 2 is 1.81 bits per heavy atom. The molecule has 0 saturated heterocycles. The lowest BCUT2D eigenvalue weighted by molar-refractivity contribution is 0.0951. The second kappa shape index (κ2) is 7.84. The summed E-state index contributed by atoms with van der Waals surface area (Å²) >= 11 is 1.55. The van der Waals surface area contributed by atoms with Crippen molar-refractivity contribution < 1.29 is 4.79 Å². The van der Waals surface area contributed by atoms with Crippen molar-refractivity contribution in [3.63, 3.8) is 0 Å². The zero-order valence-corrected chi connectivity index (χ0v) is 16.7. The minimum Gasteiger partial charge on any atom is -0.350 e. The fourth-order valence-electron chi connectivity index (χ4n) is 2.98. The molecule has 1 amide bonds. The van der Waals surface area contributed by atoms with Crippen LogP contribution in [0.15, 0.2) is 35.1 Å². The molecule has 2 aromatic heterocycles. The lowest BCUT2D eigenvalue weighted by Crippen LogP contribution is -2.32. The third-order valence-electron chi connectivity index (χ3n) is 4.10. The second-order valence-electron chi connectivity index (χ2n) is 6.56. The molecule has 0 aliphatic heterocycles. The molecular formula is C20H22N4O2S. The van der Waals surface area contributed by atoms with E-state index in [2.05, 4.69) is 15.4 Å². The molecule has 0 aliphatic carbocycles. The van der Waals surface area contributed by atoms with Crippen LogP contribution in [0.4, 0.5) is 0 Å².